The zero-order valence-corrected chi connectivity index (χ0v) is 12.8. The van der Waals surface area contributed by atoms with Crippen molar-refractivity contribution in [1.82, 2.24) is 9.55 Å². The summed E-state index contributed by atoms with van der Waals surface area (Å²) in [5.41, 5.74) is 8.37. The van der Waals surface area contributed by atoms with Crippen LogP contribution in [-0.4, -0.2) is 22.6 Å². The van der Waals surface area contributed by atoms with Gasteiger partial charge in [0.1, 0.15) is 12.1 Å². The van der Waals surface area contributed by atoms with Gasteiger partial charge in [-0.25, -0.2) is 4.98 Å². The SMILES string of the molecule is COc1cc(-n2cnc3cc(Br)ccc32)ccc1C(N)=O. The molecule has 2 N–H and O–H groups in total. The number of methoxy groups -OCH3 is 1. The zero-order valence-electron chi connectivity index (χ0n) is 11.2. The van der Waals surface area contributed by atoms with Gasteiger partial charge in [-0.3, -0.25) is 9.36 Å². The van der Waals surface area contributed by atoms with Crippen molar-refractivity contribution in [3.05, 3.63) is 52.8 Å². The fourth-order valence-corrected chi connectivity index (χ4v) is 2.57. The van der Waals surface area contributed by atoms with E-state index in [1.54, 1.807) is 18.5 Å². The van der Waals surface area contributed by atoms with Crippen LogP contribution in [0.25, 0.3) is 16.7 Å². The van der Waals surface area contributed by atoms with Gasteiger partial charge >= 0.3 is 0 Å². The molecule has 5 nitrogen and oxygen atoms in total. The Morgan fingerprint density at radius 2 is 2.10 bits per heavy atom. The number of carbonyl (C=O) groups is 1. The van der Waals surface area contributed by atoms with Gasteiger partial charge in [0.15, 0.2) is 0 Å². The summed E-state index contributed by atoms with van der Waals surface area (Å²) >= 11 is 3.43. The van der Waals surface area contributed by atoms with E-state index in [2.05, 4.69) is 20.9 Å². The number of rotatable bonds is 3. The van der Waals surface area contributed by atoms with Crippen molar-refractivity contribution in [2.45, 2.75) is 0 Å². The Morgan fingerprint density at radius 3 is 2.81 bits per heavy atom. The summed E-state index contributed by atoms with van der Waals surface area (Å²) in [6.45, 7) is 0. The predicted octanol–water partition coefficient (Wildman–Crippen LogP) is 2.90. The quantitative estimate of drug-likeness (QED) is 0.793. The van der Waals surface area contributed by atoms with E-state index in [1.165, 1.54) is 7.11 Å². The summed E-state index contributed by atoms with van der Waals surface area (Å²) in [7, 11) is 1.51. The van der Waals surface area contributed by atoms with Crippen LogP contribution in [0.15, 0.2) is 47.2 Å². The molecule has 1 heterocycles. The lowest BCUT2D eigenvalue weighted by atomic mass is 10.1. The smallest absolute Gasteiger partial charge is 0.252 e. The molecule has 0 bridgehead atoms. The Hall–Kier alpha value is -2.34. The van der Waals surface area contributed by atoms with Crippen LogP contribution in [0.4, 0.5) is 0 Å². The molecule has 0 saturated heterocycles. The van der Waals surface area contributed by atoms with Crippen molar-refractivity contribution in [3.8, 4) is 11.4 Å². The molecular weight excluding hydrogens is 334 g/mol. The molecule has 0 aliphatic heterocycles. The molecule has 0 unspecified atom stereocenters. The molecule has 6 heteroatoms. The van der Waals surface area contributed by atoms with Crippen molar-refractivity contribution in [2.24, 2.45) is 5.73 Å². The highest BCUT2D eigenvalue weighted by molar-refractivity contribution is 9.10. The first-order chi connectivity index (χ1) is 10.1. The van der Waals surface area contributed by atoms with Crippen LogP contribution in [-0.2, 0) is 0 Å². The van der Waals surface area contributed by atoms with Crippen molar-refractivity contribution in [3.63, 3.8) is 0 Å². The molecule has 0 aliphatic rings. The minimum atomic E-state index is -0.516. The van der Waals surface area contributed by atoms with Gasteiger partial charge in [0, 0.05) is 10.5 Å². The van der Waals surface area contributed by atoms with Gasteiger partial charge in [-0.1, -0.05) is 15.9 Å². The van der Waals surface area contributed by atoms with E-state index in [0.717, 1.165) is 21.2 Å². The Bertz CT molecular complexity index is 842. The average Bonchev–Trinajstić information content (AvgIpc) is 2.89. The number of aromatic nitrogens is 2. The summed E-state index contributed by atoms with van der Waals surface area (Å²) in [6, 6.07) is 11.1. The molecule has 1 aromatic heterocycles. The number of primary amides is 1. The number of hydrogen-bond acceptors (Lipinski definition) is 3. The van der Waals surface area contributed by atoms with Crippen molar-refractivity contribution in [2.75, 3.05) is 7.11 Å². The molecule has 2 aromatic carbocycles. The molecule has 0 saturated carbocycles. The molecule has 106 valence electrons. The minimum Gasteiger partial charge on any atom is -0.496 e. The van der Waals surface area contributed by atoms with E-state index in [-0.39, 0.29) is 0 Å². The lowest BCUT2D eigenvalue weighted by Gasteiger charge is -2.10. The van der Waals surface area contributed by atoms with E-state index >= 15 is 0 Å². The number of hydrogen-bond donors (Lipinski definition) is 1. The van der Waals surface area contributed by atoms with Crippen LogP contribution in [0.5, 0.6) is 5.75 Å². The monoisotopic (exact) mass is 345 g/mol. The van der Waals surface area contributed by atoms with Crippen LogP contribution < -0.4 is 10.5 Å². The van der Waals surface area contributed by atoms with Gasteiger partial charge in [-0.2, -0.15) is 0 Å². The maximum absolute atomic E-state index is 11.3. The molecule has 1 amide bonds. The topological polar surface area (TPSA) is 70.1 Å². The first kappa shape index (κ1) is 13.6. The summed E-state index contributed by atoms with van der Waals surface area (Å²) < 4.78 is 8.13. The van der Waals surface area contributed by atoms with E-state index in [9.17, 15) is 4.79 Å². The summed E-state index contributed by atoms with van der Waals surface area (Å²) in [4.78, 5) is 15.7. The predicted molar refractivity (Wildman–Crippen MR) is 83.8 cm³/mol. The molecule has 3 aromatic rings. The highest BCUT2D eigenvalue weighted by Crippen LogP contribution is 2.26. The number of nitrogens with two attached hydrogens (primary N) is 1. The highest BCUT2D eigenvalue weighted by Gasteiger charge is 2.12. The van der Waals surface area contributed by atoms with Gasteiger partial charge in [-0.15, -0.1) is 0 Å². The van der Waals surface area contributed by atoms with Crippen LogP contribution >= 0.6 is 15.9 Å². The second-order valence-electron chi connectivity index (χ2n) is 4.50. The van der Waals surface area contributed by atoms with Crippen LogP contribution in [0, 0.1) is 0 Å². The van der Waals surface area contributed by atoms with Crippen LogP contribution in [0.2, 0.25) is 0 Å². The number of benzene rings is 2. The summed E-state index contributed by atoms with van der Waals surface area (Å²) in [6.07, 6.45) is 1.73. The fourth-order valence-electron chi connectivity index (χ4n) is 2.22. The molecule has 0 fully saturated rings. The molecule has 0 aliphatic carbocycles. The third-order valence-electron chi connectivity index (χ3n) is 3.24. The minimum absolute atomic E-state index is 0.355. The Kier molecular flexibility index (Phi) is 3.39. The van der Waals surface area contributed by atoms with Gasteiger partial charge in [0.2, 0.25) is 0 Å². The van der Waals surface area contributed by atoms with E-state index < -0.39 is 5.91 Å². The van der Waals surface area contributed by atoms with E-state index in [1.807, 2.05) is 28.8 Å². The van der Waals surface area contributed by atoms with Crippen molar-refractivity contribution >= 4 is 32.9 Å². The first-order valence-corrected chi connectivity index (χ1v) is 7.00. The number of halogens is 1. The van der Waals surface area contributed by atoms with E-state index in [4.69, 9.17) is 10.5 Å². The lowest BCUT2D eigenvalue weighted by Crippen LogP contribution is -2.12. The van der Waals surface area contributed by atoms with Crippen molar-refractivity contribution in [1.29, 1.82) is 0 Å². The number of carbonyl (C=O) groups excluding carboxylic acids is 1. The van der Waals surface area contributed by atoms with Gasteiger partial charge < -0.3 is 10.5 Å². The third kappa shape index (κ3) is 2.38. The highest BCUT2D eigenvalue weighted by atomic mass is 79.9. The normalized spacial score (nSPS) is 10.8. The van der Waals surface area contributed by atoms with Crippen LogP contribution in [0.3, 0.4) is 0 Å². The Labute approximate surface area is 129 Å². The Balaban J connectivity index is 2.16. The van der Waals surface area contributed by atoms with Gasteiger partial charge in [0.25, 0.3) is 5.91 Å². The third-order valence-corrected chi connectivity index (χ3v) is 3.73. The largest absolute Gasteiger partial charge is 0.496 e. The summed E-state index contributed by atoms with van der Waals surface area (Å²) in [5, 5.41) is 0. The first-order valence-electron chi connectivity index (χ1n) is 6.21. The molecule has 0 radical (unpaired) electrons. The maximum atomic E-state index is 11.3. The maximum Gasteiger partial charge on any atom is 0.252 e. The molecule has 3 rings (SSSR count). The number of ether oxygens (including phenoxy) is 1. The molecule has 0 spiro atoms. The van der Waals surface area contributed by atoms with Gasteiger partial charge in [-0.05, 0) is 30.3 Å². The molecule has 0 atom stereocenters. The van der Waals surface area contributed by atoms with Crippen LogP contribution in [0.1, 0.15) is 10.4 Å². The lowest BCUT2D eigenvalue weighted by molar-refractivity contribution is 0.0997. The van der Waals surface area contributed by atoms with Gasteiger partial charge in [0.05, 0.1) is 29.4 Å². The van der Waals surface area contributed by atoms with Crippen molar-refractivity contribution < 1.29 is 9.53 Å². The number of nitrogens with zero attached hydrogens (tertiary/aromatic N) is 2. The number of amides is 1. The fraction of sp³-hybridized carbons (Fsp3) is 0.0667. The number of imidazole rings is 1. The molecule has 21 heavy (non-hydrogen) atoms. The second kappa shape index (κ2) is 5.21. The second-order valence-corrected chi connectivity index (χ2v) is 5.41. The summed E-state index contributed by atoms with van der Waals surface area (Å²) in [5.74, 6) is -0.0724. The van der Waals surface area contributed by atoms with E-state index in [0.29, 0.717) is 11.3 Å². The standard InChI is InChI=1S/C15H12BrN3O2/c1-21-14-7-10(3-4-11(14)15(17)20)19-8-18-12-6-9(16)2-5-13(12)19/h2-8H,1H3,(H2,17,20). The number of fused-ring (bicyclic) bond motifs is 1. The Morgan fingerprint density at radius 1 is 1.29 bits per heavy atom. The zero-order chi connectivity index (χ0) is 15.0. The average molecular weight is 346 g/mol. The molecular formula is C15H12BrN3O2.